The van der Waals surface area contributed by atoms with Crippen LogP contribution in [0.1, 0.15) is 18.4 Å². The summed E-state index contributed by atoms with van der Waals surface area (Å²) in [6.07, 6.45) is 2.58. The number of pyridine rings is 1. The second-order valence-electron chi connectivity index (χ2n) is 11.3. The number of nitrogens with one attached hydrogen (secondary N) is 3. The number of carbonyl (C=O) groups excluding carboxylic acids is 2. The highest BCUT2D eigenvalue weighted by atomic mass is 19.1. The molecule has 2 heterocycles. The van der Waals surface area contributed by atoms with Crippen LogP contribution in [-0.2, 0) is 20.9 Å². The van der Waals surface area contributed by atoms with E-state index in [1.54, 1.807) is 43.6 Å². The third kappa shape index (κ3) is 7.22. The molecule has 1 aliphatic heterocycles. The fourth-order valence-corrected chi connectivity index (χ4v) is 5.34. The molecule has 2 fully saturated rings. The van der Waals surface area contributed by atoms with Gasteiger partial charge in [-0.1, -0.05) is 0 Å². The fourth-order valence-electron chi connectivity index (χ4n) is 5.34. The van der Waals surface area contributed by atoms with Crippen molar-refractivity contribution in [1.29, 1.82) is 0 Å². The molecule has 0 atom stereocenters. The van der Waals surface area contributed by atoms with Crippen molar-refractivity contribution >= 4 is 34.1 Å². The number of anilines is 2. The highest BCUT2D eigenvalue weighted by molar-refractivity contribution is 6.16. The van der Waals surface area contributed by atoms with Crippen LogP contribution in [0.2, 0.25) is 0 Å². The number of ether oxygens (including phenoxy) is 3. The number of carbonyl (C=O) groups is 2. The SMILES string of the molecule is COc1cc2c(Oc3ccc(NC(=O)C4(C(=O)Nc5ccc(F)cc5)CC4)cc3)ccnc2cc1COCCN1CCNCC1. The van der Waals surface area contributed by atoms with Crippen molar-refractivity contribution in [3.8, 4) is 17.2 Å². The lowest BCUT2D eigenvalue weighted by Crippen LogP contribution is -2.44. The van der Waals surface area contributed by atoms with Crippen molar-refractivity contribution in [2.75, 3.05) is 57.1 Å². The molecule has 1 saturated carbocycles. The lowest BCUT2D eigenvalue weighted by atomic mass is 10.0. The van der Waals surface area contributed by atoms with Crippen molar-refractivity contribution in [1.82, 2.24) is 15.2 Å². The molecule has 3 aromatic carbocycles. The lowest BCUT2D eigenvalue weighted by Gasteiger charge is -2.26. The van der Waals surface area contributed by atoms with Gasteiger partial charge in [0.1, 0.15) is 28.5 Å². The second-order valence-corrected chi connectivity index (χ2v) is 11.3. The number of halogens is 1. The van der Waals surface area contributed by atoms with Gasteiger partial charge < -0.3 is 30.2 Å². The predicted octanol–water partition coefficient (Wildman–Crippen LogP) is 4.95. The number of piperazine rings is 1. The van der Waals surface area contributed by atoms with Gasteiger partial charge in [0, 0.05) is 61.2 Å². The summed E-state index contributed by atoms with van der Waals surface area (Å²) in [5.41, 5.74) is 1.50. The molecule has 4 aromatic rings. The van der Waals surface area contributed by atoms with Gasteiger partial charge in [-0.25, -0.2) is 4.39 Å². The number of benzene rings is 3. The maximum absolute atomic E-state index is 13.2. The molecule has 0 unspecified atom stereocenters. The van der Waals surface area contributed by atoms with E-state index in [4.69, 9.17) is 14.2 Å². The van der Waals surface area contributed by atoms with E-state index in [-0.39, 0.29) is 5.91 Å². The summed E-state index contributed by atoms with van der Waals surface area (Å²) >= 11 is 0. The van der Waals surface area contributed by atoms with Crippen LogP contribution in [0.3, 0.4) is 0 Å². The normalized spacial score (nSPS) is 15.8. The van der Waals surface area contributed by atoms with E-state index < -0.39 is 17.1 Å². The van der Waals surface area contributed by atoms with Gasteiger partial charge in [0.2, 0.25) is 11.8 Å². The average molecular weight is 614 g/mol. The zero-order valence-electron chi connectivity index (χ0n) is 25.1. The molecule has 1 aromatic heterocycles. The largest absolute Gasteiger partial charge is 0.496 e. The lowest BCUT2D eigenvalue weighted by molar-refractivity contribution is -0.131. The first-order chi connectivity index (χ1) is 21.9. The molecule has 45 heavy (non-hydrogen) atoms. The van der Waals surface area contributed by atoms with Gasteiger partial charge in [0.05, 0.1) is 25.8 Å². The van der Waals surface area contributed by atoms with E-state index in [2.05, 4.69) is 25.8 Å². The molecule has 10 nitrogen and oxygen atoms in total. The average Bonchev–Trinajstić information content (AvgIpc) is 3.88. The highest BCUT2D eigenvalue weighted by Crippen LogP contribution is 2.47. The maximum atomic E-state index is 13.2. The molecule has 11 heteroatoms. The standard InChI is InChI=1S/C34H36FN5O5/c1-43-31-21-28-29(20-23(31)22-44-19-18-40-16-14-36-15-17-40)37-13-10-30(28)45-27-8-6-26(7-9-27)39-33(42)34(11-12-34)32(41)38-25-4-2-24(35)3-5-25/h2-10,13,20-21,36H,11-12,14-19,22H2,1H3,(H,38,41)(H,39,42). The fraction of sp³-hybridized carbons (Fsp3) is 0.324. The monoisotopic (exact) mass is 613 g/mol. The van der Waals surface area contributed by atoms with Crippen molar-refractivity contribution in [2.24, 2.45) is 5.41 Å². The van der Waals surface area contributed by atoms with Gasteiger partial charge in [-0.05, 0) is 79.6 Å². The summed E-state index contributed by atoms with van der Waals surface area (Å²) in [6, 6.07) is 18.0. The minimum atomic E-state index is -1.15. The Balaban J connectivity index is 1.07. The molecule has 2 amide bonds. The highest BCUT2D eigenvalue weighted by Gasteiger charge is 2.56. The molecule has 0 bridgehead atoms. The van der Waals surface area contributed by atoms with E-state index in [0.717, 1.165) is 49.2 Å². The number of aromatic nitrogens is 1. The number of rotatable bonds is 12. The van der Waals surface area contributed by atoms with Gasteiger partial charge in [-0.2, -0.15) is 0 Å². The van der Waals surface area contributed by atoms with Gasteiger partial charge >= 0.3 is 0 Å². The number of fused-ring (bicyclic) bond motifs is 1. The maximum Gasteiger partial charge on any atom is 0.240 e. The third-order valence-corrected chi connectivity index (χ3v) is 8.18. The van der Waals surface area contributed by atoms with Crippen LogP contribution in [0, 0.1) is 11.2 Å². The zero-order chi connectivity index (χ0) is 31.2. The van der Waals surface area contributed by atoms with E-state index >= 15 is 0 Å². The third-order valence-electron chi connectivity index (χ3n) is 8.18. The van der Waals surface area contributed by atoms with Crippen molar-refractivity contribution in [3.05, 3.63) is 84.3 Å². The molecule has 2 aliphatic rings. The predicted molar refractivity (Wildman–Crippen MR) is 169 cm³/mol. The second kappa shape index (κ2) is 13.6. The van der Waals surface area contributed by atoms with E-state index in [0.29, 0.717) is 54.7 Å². The Morgan fingerprint density at radius 3 is 2.24 bits per heavy atom. The summed E-state index contributed by atoms with van der Waals surface area (Å²) < 4.78 is 31.1. The van der Waals surface area contributed by atoms with Crippen molar-refractivity contribution in [3.63, 3.8) is 0 Å². The topological polar surface area (TPSA) is 114 Å². The van der Waals surface area contributed by atoms with E-state index in [1.807, 2.05) is 12.1 Å². The van der Waals surface area contributed by atoms with Crippen molar-refractivity contribution in [2.45, 2.75) is 19.4 Å². The van der Waals surface area contributed by atoms with Gasteiger partial charge in [-0.3, -0.25) is 19.5 Å². The number of hydrogen-bond acceptors (Lipinski definition) is 8. The van der Waals surface area contributed by atoms with E-state index in [9.17, 15) is 14.0 Å². The summed E-state index contributed by atoms with van der Waals surface area (Å²) in [5.74, 6) is 0.676. The molecular formula is C34H36FN5O5. The Bertz CT molecular complexity index is 1650. The van der Waals surface area contributed by atoms with Crippen LogP contribution in [0.5, 0.6) is 17.2 Å². The molecule has 3 N–H and O–H groups in total. The zero-order valence-corrected chi connectivity index (χ0v) is 25.1. The molecule has 234 valence electrons. The Morgan fingerprint density at radius 2 is 1.60 bits per heavy atom. The molecule has 6 rings (SSSR count). The van der Waals surface area contributed by atoms with Gasteiger partial charge in [0.25, 0.3) is 0 Å². The first kappa shape index (κ1) is 30.4. The number of nitrogens with zero attached hydrogens (tertiary/aromatic N) is 2. The van der Waals surface area contributed by atoms with Crippen molar-refractivity contribution < 1.29 is 28.2 Å². The Labute approximate surface area is 260 Å². The molecule has 0 spiro atoms. The minimum Gasteiger partial charge on any atom is -0.496 e. The molecule has 1 saturated heterocycles. The first-order valence-corrected chi connectivity index (χ1v) is 15.1. The van der Waals surface area contributed by atoms with Crippen LogP contribution in [0.4, 0.5) is 15.8 Å². The molecule has 0 radical (unpaired) electrons. The number of methoxy groups -OCH3 is 1. The smallest absolute Gasteiger partial charge is 0.240 e. The molecule has 1 aliphatic carbocycles. The van der Waals surface area contributed by atoms with Gasteiger partial charge in [0.15, 0.2) is 0 Å². The van der Waals surface area contributed by atoms with E-state index in [1.165, 1.54) is 24.3 Å². The van der Waals surface area contributed by atoms with Crippen LogP contribution < -0.4 is 25.4 Å². The Kier molecular flexibility index (Phi) is 9.20. The Morgan fingerprint density at radius 1 is 0.933 bits per heavy atom. The minimum absolute atomic E-state index is 0.383. The number of hydrogen-bond donors (Lipinski definition) is 3. The summed E-state index contributed by atoms with van der Waals surface area (Å²) in [6.45, 7) is 6.04. The first-order valence-electron chi connectivity index (χ1n) is 15.1. The summed E-state index contributed by atoms with van der Waals surface area (Å²) in [4.78, 5) is 32.8. The summed E-state index contributed by atoms with van der Waals surface area (Å²) in [5, 5.41) is 9.71. The van der Waals surface area contributed by atoms with Crippen LogP contribution in [-0.4, -0.2) is 68.1 Å². The van der Waals surface area contributed by atoms with Crippen LogP contribution in [0.15, 0.2) is 72.9 Å². The molecular weight excluding hydrogens is 577 g/mol. The van der Waals surface area contributed by atoms with Crippen LogP contribution >= 0.6 is 0 Å². The summed E-state index contributed by atoms with van der Waals surface area (Å²) in [7, 11) is 1.63. The quantitative estimate of drug-likeness (QED) is 0.152. The van der Waals surface area contributed by atoms with Gasteiger partial charge in [-0.15, -0.1) is 0 Å². The Hall–Kier alpha value is -4.58. The van der Waals surface area contributed by atoms with Crippen LogP contribution in [0.25, 0.3) is 10.9 Å². The number of amides is 2.